The Hall–Kier alpha value is -1.55. The van der Waals surface area contributed by atoms with E-state index < -0.39 is 11.4 Å². The third kappa shape index (κ3) is 1.90. The van der Waals surface area contributed by atoms with Gasteiger partial charge in [0.15, 0.2) is 5.15 Å². The highest BCUT2D eigenvalue weighted by Gasteiger charge is 2.41. The van der Waals surface area contributed by atoms with Crippen LogP contribution in [0.5, 0.6) is 0 Å². The normalized spacial score (nSPS) is 18.3. The Balaban J connectivity index is 2.16. The first-order chi connectivity index (χ1) is 9.54. The van der Waals surface area contributed by atoms with Gasteiger partial charge in [0, 0.05) is 12.4 Å². The van der Waals surface area contributed by atoms with Crippen LogP contribution in [0.2, 0.25) is 5.15 Å². The van der Waals surface area contributed by atoms with E-state index >= 15 is 0 Å². The van der Waals surface area contributed by atoms with E-state index in [0.29, 0.717) is 18.0 Å². The van der Waals surface area contributed by atoms with E-state index in [9.17, 15) is 9.90 Å². The van der Waals surface area contributed by atoms with Gasteiger partial charge in [0.2, 0.25) is 0 Å². The van der Waals surface area contributed by atoms with E-state index in [0.717, 1.165) is 35.7 Å². The van der Waals surface area contributed by atoms with Crippen molar-refractivity contribution < 1.29 is 9.90 Å². The van der Waals surface area contributed by atoms with E-state index in [1.807, 2.05) is 25.2 Å². The summed E-state index contributed by atoms with van der Waals surface area (Å²) in [4.78, 5) is 11.9. The summed E-state index contributed by atoms with van der Waals surface area (Å²) in [6, 6.07) is 5.72. The van der Waals surface area contributed by atoms with E-state index in [2.05, 4.69) is 5.10 Å². The minimum Gasteiger partial charge on any atom is -0.481 e. The molecule has 0 radical (unpaired) electrons. The minimum atomic E-state index is -0.747. The summed E-state index contributed by atoms with van der Waals surface area (Å²) in [6.07, 6.45) is 4.47. The second-order valence-electron chi connectivity index (χ2n) is 5.59. The monoisotopic (exact) mass is 292 g/mol. The smallest absolute Gasteiger partial charge is 0.314 e. The van der Waals surface area contributed by atoms with E-state index in [1.165, 1.54) is 0 Å². The number of halogens is 1. The molecule has 1 aliphatic carbocycles. The molecule has 5 heteroatoms. The van der Waals surface area contributed by atoms with Crippen LogP contribution in [0.4, 0.5) is 0 Å². The predicted molar refractivity (Wildman–Crippen MR) is 78.1 cm³/mol. The molecule has 1 aromatic carbocycles. The summed E-state index contributed by atoms with van der Waals surface area (Å²) in [6.45, 7) is 0. The number of hydrogen-bond acceptors (Lipinski definition) is 2. The van der Waals surface area contributed by atoms with Crippen molar-refractivity contribution in [1.82, 2.24) is 9.78 Å². The number of rotatable bonds is 2. The lowest BCUT2D eigenvalue weighted by atomic mass is 9.69. The third-order valence-corrected chi connectivity index (χ3v) is 4.75. The highest BCUT2D eigenvalue weighted by molar-refractivity contribution is 6.34. The van der Waals surface area contributed by atoms with Gasteiger partial charge in [-0.25, -0.2) is 0 Å². The average Bonchev–Trinajstić information content (AvgIpc) is 2.74. The second-order valence-corrected chi connectivity index (χ2v) is 5.95. The van der Waals surface area contributed by atoms with Crippen LogP contribution < -0.4 is 0 Å². The lowest BCUT2D eigenvalue weighted by Gasteiger charge is -2.33. The van der Waals surface area contributed by atoms with Gasteiger partial charge in [-0.1, -0.05) is 36.9 Å². The molecule has 0 bridgehead atoms. The van der Waals surface area contributed by atoms with Crippen LogP contribution in [0, 0.1) is 0 Å². The van der Waals surface area contributed by atoms with Gasteiger partial charge in [-0.2, -0.15) is 5.10 Å². The second kappa shape index (κ2) is 4.77. The number of aryl methyl sites for hydroxylation is 1. The average molecular weight is 293 g/mol. The molecule has 1 heterocycles. The zero-order valence-corrected chi connectivity index (χ0v) is 12.2. The van der Waals surface area contributed by atoms with Gasteiger partial charge < -0.3 is 5.11 Å². The number of carboxylic acids is 1. The van der Waals surface area contributed by atoms with Crippen LogP contribution in [-0.2, 0) is 17.3 Å². The first kappa shape index (κ1) is 13.4. The van der Waals surface area contributed by atoms with Gasteiger partial charge in [-0.3, -0.25) is 9.48 Å². The molecule has 20 heavy (non-hydrogen) atoms. The number of aliphatic carboxylic acids is 1. The van der Waals surface area contributed by atoms with Crippen molar-refractivity contribution in [3.8, 4) is 0 Å². The van der Waals surface area contributed by atoms with Crippen LogP contribution in [0.25, 0.3) is 10.9 Å². The van der Waals surface area contributed by atoms with Crippen molar-refractivity contribution in [3.63, 3.8) is 0 Å². The molecule has 0 spiro atoms. The Labute approximate surface area is 122 Å². The Bertz CT molecular complexity index is 672. The molecule has 1 saturated carbocycles. The summed E-state index contributed by atoms with van der Waals surface area (Å²) in [5.41, 5.74) is 1.01. The van der Waals surface area contributed by atoms with Crippen molar-refractivity contribution in [1.29, 1.82) is 0 Å². The van der Waals surface area contributed by atoms with Gasteiger partial charge in [0.1, 0.15) is 0 Å². The zero-order chi connectivity index (χ0) is 14.3. The molecule has 4 nitrogen and oxygen atoms in total. The number of aromatic nitrogens is 2. The number of carbonyl (C=O) groups is 1. The fourth-order valence-electron chi connectivity index (χ4n) is 3.29. The maximum absolute atomic E-state index is 11.9. The van der Waals surface area contributed by atoms with Crippen molar-refractivity contribution >= 4 is 28.5 Å². The minimum absolute atomic E-state index is 0.460. The van der Waals surface area contributed by atoms with Crippen LogP contribution in [0.3, 0.4) is 0 Å². The number of hydrogen-bond donors (Lipinski definition) is 1. The molecule has 3 rings (SSSR count). The van der Waals surface area contributed by atoms with Gasteiger partial charge in [0.05, 0.1) is 10.9 Å². The fraction of sp³-hybridized carbons (Fsp3) is 0.467. The fourth-order valence-corrected chi connectivity index (χ4v) is 3.57. The Kier molecular flexibility index (Phi) is 3.21. The molecule has 106 valence electrons. The van der Waals surface area contributed by atoms with Crippen molar-refractivity contribution in [3.05, 3.63) is 28.9 Å². The van der Waals surface area contributed by atoms with Crippen LogP contribution in [-0.4, -0.2) is 20.9 Å². The molecule has 1 N–H and O–H groups in total. The predicted octanol–water partition coefficient (Wildman–Crippen LogP) is 3.51. The number of nitrogens with zero attached hydrogens (tertiary/aromatic N) is 2. The van der Waals surface area contributed by atoms with E-state index in [1.54, 1.807) is 4.68 Å². The molecule has 2 aromatic rings. The van der Waals surface area contributed by atoms with Crippen molar-refractivity contribution in [2.45, 2.75) is 37.5 Å². The summed E-state index contributed by atoms with van der Waals surface area (Å²) in [5.74, 6) is -0.718. The molecule has 1 fully saturated rings. The summed E-state index contributed by atoms with van der Waals surface area (Å²) >= 11 is 6.06. The first-order valence-corrected chi connectivity index (χ1v) is 7.28. The summed E-state index contributed by atoms with van der Waals surface area (Å²) in [7, 11) is 1.83. The first-order valence-electron chi connectivity index (χ1n) is 6.91. The van der Waals surface area contributed by atoms with Crippen molar-refractivity contribution in [2.75, 3.05) is 0 Å². The molecule has 0 aliphatic heterocycles. The SMILES string of the molecule is Cn1nc(Cl)c2ccc(C3(C(=O)O)CCCCC3)cc21. The van der Waals surface area contributed by atoms with Crippen LogP contribution in [0.15, 0.2) is 18.2 Å². The third-order valence-electron chi connectivity index (χ3n) is 4.48. The molecule has 0 atom stereocenters. The standard InChI is InChI=1S/C15H17ClN2O2/c1-18-12-9-10(5-6-11(12)13(16)17-18)15(14(19)20)7-3-2-4-8-15/h5-6,9H,2-4,7-8H2,1H3,(H,19,20). The zero-order valence-electron chi connectivity index (χ0n) is 11.4. The van der Waals surface area contributed by atoms with Gasteiger partial charge >= 0.3 is 5.97 Å². The van der Waals surface area contributed by atoms with Gasteiger partial charge in [0.25, 0.3) is 0 Å². The number of benzene rings is 1. The topological polar surface area (TPSA) is 55.1 Å². The molecular formula is C15H17ClN2O2. The van der Waals surface area contributed by atoms with Gasteiger partial charge in [-0.05, 0) is 30.5 Å². The summed E-state index contributed by atoms with van der Waals surface area (Å²) in [5, 5.41) is 15.2. The van der Waals surface area contributed by atoms with Crippen molar-refractivity contribution in [2.24, 2.45) is 7.05 Å². The van der Waals surface area contributed by atoms with Crippen LogP contribution >= 0.6 is 11.6 Å². The maximum Gasteiger partial charge on any atom is 0.314 e. The molecule has 0 unspecified atom stereocenters. The largest absolute Gasteiger partial charge is 0.481 e. The molecule has 1 aliphatic rings. The van der Waals surface area contributed by atoms with Crippen LogP contribution in [0.1, 0.15) is 37.7 Å². The van der Waals surface area contributed by atoms with E-state index in [4.69, 9.17) is 11.6 Å². The maximum atomic E-state index is 11.9. The quantitative estimate of drug-likeness (QED) is 0.921. The lowest BCUT2D eigenvalue weighted by molar-refractivity contribution is -0.145. The lowest BCUT2D eigenvalue weighted by Crippen LogP contribution is -2.37. The van der Waals surface area contributed by atoms with E-state index in [-0.39, 0.29) is 0 Å². The Morgan fingerprint density at radius 3 is 2.70 bits per heavy atom. The highest BCUT2D eigenvalue weighted by Crippen LogP contribution is 2.41. The Morgan fingerprint density at radius 2 is 2.05 bits per heavy atom. The molecule has 1 aromatic heterocycles. The number of fused-ring (bicyclic) bond motifs is 1. The molecule has 0 amide bonds. The Morgan fingerprint density at radius 1 is 1.35 bits per heavy atom. The highest BCUT2D eigenvalue weighted by atomic mass is 35.5. The van der Waals surface area contributed by atoms with Gasteiger partial charge in [-0.15, -0.1) is 0 Å². The number of carboxylic acid groups (broad SMARTS) is 1. The summed E-state index contributed by atoms with van der Waals surface area (Å²) < 4.78 is 1.71. The molecular weight excluding hydrogens is 276 g/mol. The molecule has 0 saturated heterocycles.